The molecule has 0 aliphatic carbocycles. The Kier molecular flexibility index (Phi) is 3.01. The van der Waals surface area contributed by atoms with Gasteiger partial charge in [0, 0.05) is 10.9 Å². The zero-order valence-electron chi connectivity index (χ0n) is 7.85. The highest BCUT2D eigenvalue weighted by molar-refractivity contribution is 7.09. The standard InChI is InChI=1S/C11H13NOS/c12-10(6-9-3-4-13-8-9)7-11-2-1-5-14-11/h1-5,8,10H,6-7,12H2. The van der Waals surface area contributed by atoms with Gasteiger partial charge in [-0.15, -0.1) is 11.3 Å². The zero-order valence-corrected chi connectivity index (χ0v) is 8.67. The molecule has 1 atom stereocenters. The molecule has 2 heterocycles. The van der Waals surface area contributed by atoms with Gasteiger partial charge in [0.15, 0.2) is 0 Å². The van der Waals surface area contributed by atoms with E-state index in [1.807, 2.05) is 6.07 Å². The predicted molar refractivity (Wildman–Crippen MR) is 58.4 cm³/mol. The maximum absolute atomic E-state index is 6.02. The fourth-order valence-corrected chi connectivity index (χ4v) is 2.27. The molecule has 0 aromatic carbocycles. The third-order valence-corrected chi connectivity index (χ3v) is 3.02. The molecule has 0 aliphatic rings. The zero-order chi connectivity index (χ0) is 9.80. The lowest BCUT2D eigenvalue weighted by Crippen LogP contribution is -2.24. The van der Waals surface area contributed by atoms with Crippen molar-refractivity contribution in [2.45, 2.75) is 18.9 Å². The van der Waals surface area contributed by atoms with Gasteiger partial charge in [-0.25, -0.2) is 0 Å². The van der Waals surface area contributed by atoms with Crippen LogP contribution in [0, 0.1) is 0 Å². The first-order chi connectivity index (χ1) is 6.84. The van der Waals surface area contributed by atoms with E-state index in [1.54, 1.807) is 23.9 Å². The molecule has 0 amide bonds. The molecular weight excluding hydrogens is 194 g/mol. The topological polar surface area (TPSA) is 39.2 Å². The average Bonchev–Trinajstić information content (AvgIpc) is 2.76. The van der Waals surface area contributed by atoms with Gasteiger partial charge in [0.2, 0.25) is 0 Å². The lowest BCUT2D eigenvalue weighted by atomic mass is 10.1. The maximum Gasteiger partial charge on any atom is 0.0935 e. The molecule has 0 fully saturated rings. The normalized spacial score (nSPS) is 12.9. The molecule has 0 saturated heterocycles. The number of rotatable bonds is 4. The Morgan fingerprint density at radius 2 is 2.29 bits per heavy atom. The van der Waals surface area contributed by atoms with Gasteiger partial charge < -0.3 is 10.2 Å². The second kappa shape index (κ2) is 4.44. The first-order valence-electron chi connectivity index (χ1n) is 4.63. The minimum atomic E-state index is 0.186. The molecule has 14 heavy (non-hydrogen) atoms. The number of nitrogens with two attached hydrogens (primary N) is 1. The van der Waals surface area contributed by atoms with Crippen LogP contribution in [0.5, 0.6) is 0 Å². The summed E-state index contributed by atoms with van der Waals surface area (Å²) in [6.45, 7) is 0. The summed E-state index contributed by atoms with van der Waals surface area (Å²) in [5, 5.41) is 2.08. The molecule has 74 valence electrons. The van der Waals surface area contributed by atoms with Crippen molar-refractivity contribution in [3.8, 4) is 0 Å². The first-order valence-corrected chi connectivity index (χ1v) is 5.51. The SMILES string of the molecule is NC(Cc1ccoc1)Cc1cccs1. The van der Waals surface area contributed by atoms with Crippen molar-refractivity contribution in [2.24, 2.45) is 5.73 Å². The Morgan fingerprint density at radius 3 is 2.93 bits per heavy atom. The minimum absolute atomic E-state index is 0.186. The van der Waals surface area contributed by atoms with Crippen LogP contribution in [0.15, 0.2) is 40.5 Å². The first kappa shape index (κ1) is 9.49. The molecule has 1 unspecified atom stereocenters. The monoisotopic (exact) mass is 207 g/mol. The van der Waals surface area contributed by atoms with E-state index in [0.717, 1.165) is 12.8 Å². The minimum Gasteiger partial charge on any atom is -0.472 e. The highest BCUT2D eigenvalue weighted by atomic mass is 32.1. The highest BCUT2D eigenvalue weighted by Gasteiger charge is 2.06. The van der Waals surface area contributed by atoms with Gasteiger partial charge in [-0.3, -0.25) is 0 Å². The molecule has 0 aliphatic heterocycles. The van der Waals surface area contributed by atoms with Gasteiger partial charge in [0.05, 0.1) is 12.5 Å². The van der Waals surface area contributed by atoms with E-state index in [4.69, 9.17) is 10.2 Å². The molecule has 0 bridgehead atoms. The van der Waals surface area contributed by atoms with E-state index >= 15 is 0 Å². The van der Waals surface area contributed by atoms with Crippen LogP contribution in [0.1, 0.15) is 10.4 Å². The van der Waals surface area contributed by atoms with Crippen LogP contribution < -0.4 is 5.73 Å². The summed E-state index contributed by atoms with van der Waals surface area (Å²) in [4.78, 5) is 1.35. The van der Waals surface area contributed by atoms with E-state index in [1.165, 1.54) is 10.4 Å². The Balaban J connectivity index is 1.88. The molecule has 0 spiro atoms. The van der Waals surface area contributed by atoms with Gasteiger partial charge in [-0.1, -0.05) is 6.07 Å². The molecule has 3 heteroatoms. The van der Waals surface area contributed by atoms with Crippen LogP contribution in [-0.2, 0) is 12.8 Å². The van der Waals surface area contributed by atoms with Crippen molar-refractivity contribution in [1.29, 1.82) is 0 Å². The smallest absolute Gasteiger partial charge is 0.0935 e. The molecular formula is C11H13NOS. The van der Waals surface area contributed by atoms with Crippen molar-refractivity contribution in [3.63, 3.8) is 0 Å². The van der Waals surface area contributed by atoms with Crippen molar-refractivity contribution < 1.29 is 4.42 Å². The number of thiophene rings is 1. The summed E-state index contributed by atoms with van der Waals surface area (Å²) in [5.74, 6) is 0. The molecule has 0 saturated carbocycles. The Labute approximate surface area is 87.4 Å². The summed E-state index contributed by atoms with van der Waals surface area (Å²) in [7, 11) is 0. The van der Waals surface area contributed by atoms with Gasteiger partial charge in [-0.2, -0.15) is 0 Å². The maximum atomic E-state index is 6.02. The van der Waals surface area contributed by atoms with Crippen molar-refractivity contribution in [2.75, 3.05) is 0 Å². The third-order valence-electron chi connectivity index (χ3n) is 2.12. The molecule has 0 radical (unpaired) electrons. The summed E-state index contributed by atoms with van der Waals surface area (Å²) in [6.07, 6.45) is 5.28. The quantitative estimate of drug-likeness (QED) is 0.836. The molecule has 2 rings (SSSR count). The predicted octanol–water partition coefficient (Wildman–Crippen LogP) is 2.45. The van der Waals surface area contributed by atoms with E-state index in [2.05, 4.69) is 17.5 Å². The Morgan fingerprint density at radius 1 is 1.36 bits per heavy atom. The highest BCUT2D eigenvalue weighted by Crippen LogP contribution is 2.12. The van der Waals surface area contributed by atoms with Crippen LogP contribution >= 0.6 is 11.3 Å². The largest absolute Gasteiger partial charge is 0.472 e. The molecule has 2 aromatic rings. The summed E-state index contributed by atoms with van der Waals surface area (Å²) >= 11 is 1.76. The number of furan rings is 1. The fourth-order valence-electron chi connectivity index (χ4n) is 1.47. The van der Waals surface area contributed by atoms with E-state index < -0.39 is 0 Å². The Bertz CT molecular complexity index is 316. The van der Waals surface area contributed by atoms with Crippen molar-refractivity contribution in [3.05, 3.63) is 46.5 Å². The Hall–Kier alpha value is -1.06. The summed E-state index contributed by atoms with van der Waals surface area (Å²) in [6, 6.07) is 6.34. The van der Waals surface area contributed by atoms with Crippen LogP contribution in [0.4, 0.5) is 0 Å². The fraction of sp³-hybridized carbons (Fsp3) is 0.273. The summed E-state index contributed by atoms with van der Waals surface area (Å²) < 4.78 is 5.00. The van der Waals surface area contributed by atoms with Gasteiger partial charge in [0.1, 0.15) is 0 Å². The van der Waals surface area contributed by atoms with Crippen LogP contribution in [-0.4, -0.2) is 6.04 Å². The number of hydrogen-bond acceptors (Lipinski definition) is 3. The molecule has 2 nitrogen and oxygen atoms in total. The van der Waals surface area contributed by atoms with Gasteiger partial charge in [-0.05, 0) is 35.9 Å². The van der Waals surface area contributed by atoms with E-state index in [9.17, 15) is 0 Å². The van der Waals surface area contributed by atoms with Crippen LogP contribution in [0.25, 0.3) is 0 Å². The van der Waals surface area contributed by atoms with Crippen LogP contribution in [0.2, 0.25) is 0 Å². The van der Waals surface area contributed by atoms with Crippen molar-refractivity contribution in [1.82, 2.24) is 0 Å². The second-order valence-corrected chi connectivity index (χ2v) is 4.41. The molecule has 2 N–H and O–H groups in total. The van der Waals surface area contributed by atoms with Crippen molar-refractivity contribution >= 4 is 11.3 Å². The third kappa shape index (κ3) is 2.47. The summed E-state index contributed by atoms with van der Waals surface area (Å²) in [5.41, 5.74) is 7.20. The van der Waals surface area contributed by atoms with E-state index in [-0.39, 0.29) is 6.04 Å². The van der Waals surface area contributed by atoms with Gasteiger partial charge >= 0.3 is 0 Å². The lowest BCUT2D eigenvalue weighted by Gasteiger charge is -2.07. The second-order valence-electron chi connectivity index (χ2n) is 3.38. The number of hydrogen-bond donors (Lipinski definition) is 1. The molecule has 2 aromatic heterocycles. The van der Waals surface area contributed by atoms with Crippen LogP contribution in [0.3, 0.4) is 0 Å². The van der Waals surface area contributed by atoms with Gasteiger partial charge in [0.25, 0.3) is 0 Å². The average molecular weight is 207 g/mol. The van der Waals surface area contributed by atoms with E-state index in [0.29, 0.717) is 0 Å². The lowest BCUT2D eigenvalue weighted by molar-refractivity contribution is 0.560.